The number of ether oxygens (including phenoxy) is 1. The molecular formula is C23H22Cl2N4O4S2. The Kier molecular flexibility index (Phi) is 7.02. The van der Waals surface area contributed by atoms with Gasteiger partial charge in [0.05, 0.1) is 33.7 Å². The van der Waals surface area contributed by atoms with Crippen LogP contribution in [0.5, 0.6) is 0 Å². The van der Waals surface area contributed by atoms with Crippen LogP contribution in [-0.2, 0) is 19.6 Å². The van der Waals surface area contributed by atoms with Crippen molar-refractivity contribution >= 4 is 61.3 Å². The normalized spacial score (nSPS) is 21.4. The zero-order chi connectivity index (χ0) is 24.6. The molecule has 8 nitrogen and oxygen atoms in total. The molecule has 35 heavy (non-hydrogen) atoms. The summed E-state index contributed by atoms with van der Waals surface area (Å²) in [6, 6.07) is 11.5. The average Bonchev–Trinajstić information content (AvgIpc) is 3.50. The van der Waals surface area contributed by atoms with Crippen molar-refractivity contribution in [2.45, 2.75) is 23.5 Å². The first-order chi connectivity index (χ1) is 16.8. The third-order valence-corrected chi connectivity index (χ3v) is 9.06. The van der Waals surface area contributed by atoms with Gasteiger partial charge in [-0.3, -0.25) is 14.4 Å². The number of sulfonamides is 1. The Bertz CT molecular complexity index is 1320. The first kappa shape index (κ1) is 24.5. The van der Waals surface area contributed by atoms with E-state index in [1.54, 1.807) is 34.5 Å². The van der Waals surface area contributed by atoms with Crippen molar-refractivity contribution in [1.82, 2.24) is 9.88 Å². The smallest absolute Gasteiger partial charge is 0.263 e. The van der Waals surface area contributed by atoms with Gasteiger partial charge in [0.25, 0.3) is 10.0 Å². The van der Waals surface area contributed by atoms with Crippen LogP contribution in [-0.4, -0.2) is 56.5 Å². The summed E-state index contributed by atoms with van der Waals surface area (Å²) in [4.78, 5) is 21.2. The van der Waals surface area contributed by atoms with Crippen LogP contribution in [0.4, 0.5) is 10.8 Å². The first-order valence-corrected chi connectivity index (χ1v) is 14.1. The predicted octanol–water partition coefficient (Wildman–Crippen LogP) is 4.43. The van der Waals surface area contributed by atoms with Crippen LogP contribution in [0.2, 0.25) is 10.0 Å². The van der Waals surface area contributed by atoms with Crippen molar-refractivity contribution in [1.29, 1.82) is 0 Å². The summed E-state index contributed by atoms with van der Waals surface area (Å²) in [6.07, 6.45) is 2.01. The Morgan fingerprint density at radius 1 is 1.09 bits per heavy atom. The fraction of sp³-hybridized carbons (Fsp3) is 0.304. The Morgan fingerprint density at radius 2 is 1.89 bits per heavy atom. The molecule has 0 radical (unpaired) electrons. The van der Waals surface area contributed by atoms with E-state index in [4.69, 9.17) is 27.9 Å². The standard InChI is InChI=1S/C23H22Cl2N4O4S2/c24-18-6-1-15(13-19(18)25)21-14-28(10-11-33-21)20-7-9-29(22(20)30)16-2-4-17(5-3-16)35(31,32)27-23-26-8-12-34-23/h1-6,8,12-13,20-21H,7,9-11,14H2,(H,26,27)/t20-,21?/m0/s1. The summed E-state index contributed by atoms with van der Waals surface area (Å²) in [5.41, 5.74) is 1.59. The van der Waals surface area contributed by atoms with E-state index in [2.05, 4.69) is 14.6 Å². The molecule has 3 aromatic rings. The summed E-state index contributed by atoms with van der Waals surface area (Å²) < 4.78 is 33.6. The Hall–Kier alpha value is -2.21. The number of morpholine rings is 1. The third kappa shape index (κ3) is 5.18. The minimum absolute atomic E-state index is 0.00342. The SMILES string of the molecule is O=C1[C@@H](N2CCOC(c3ccc(Cl)c(Cl)c3)C2)CCN1c1ccc(S(=O)(=O)Nc2nccs2)cc1. The highest BCUT2D eigenvalue weighted by Gasteiger charge is 2.39. The van der Waals surface area contributed by atoms with Gasteiger partial charge >= 0.3 is 0 Å². The van der Waals surface area contributed by atoms with Gasteiger partial charge in [0.2, 0.25) is 5.91 Å². The maximum atomic E-state index is 13.3. The third-order valence-electron chi connectivity index (χ3n) is 6.14. The van der Waals surface area contributed by atoms with Crippen molar-refractivity contribution < 1.29 is 17.9 Å². The van der Waals surface area contributed by atoms with Crippen LogP contribution in [0.3, 0.4) is 0 Å². The molecule has 1 aromatic heterocycles. The van der Waals surface area contributed by atoms with Gasteiger partial charge in [-0.15, -0.1) is 11.3 Å². The number of carbonyl (C=O) groups excluding carboxylic acids is 1. The fourth-order valence-electron chi connectivity index (χ4n) is 4.38. The van der Waals surface area contributed by atoms with Gasteiger partial charge in [0, 0.05) is 36.9 Å². The summed E-state index contributed by atoms with van der Waals surface area (Å²) in [7, 11) is -3.75. The molecule has 1 N–H and O–H groups in total. The number of rotatable bonds is 6. The highest BCUT2D eigenvalue weighted by atomic mass is 35.5. The Morgan fingerprint density at radius 3 is 2.60 bits per heavy atom. The lowest BCUT2D eigenvalue weighted by Crippen LogP contribution is -2.48. The molecule has 184 valence electrons. The van der Waals surface area contributed by atoms with Crippen LogP contribution >= 0.6 is 34.5 Å². The second-order valence-electron chi connectivity index (χ2n) is 8.26. The lowest BCUT2D eigenvalue weighted by molar-refractivity contribution is -0.125. The molecule has 3 heterocycles. The quantitative estimate of drug-likeness (QED) is 0.486. The van der Waals surface area contributed by atoms with Gasteiger partial charge in [-0.2, -0.15) is 0 Å². The summed E-state index contributed by atoms with van der Waals surface area (Å²) in [5, 5.41) is 2.96. The number of thiazole rings is 1. The molecule has 0 spiro atoms. The summed E-state index contributed by atoms with van der Waals surface area (Å²) in [5.74, 6) is -0.00342. The molecule has 12 heteroatoms. The Labute approximate surface area is 217 Å². The fourth-order valence-corrected chi connectivity index (χ4v) is 6.47. The predicted molar refractivity (Wildman–Crippen MR) is 137 cm³/mol. The number of benzene rings is 2. The van der Waals surface area contributed by atoms with E-state index in [-0.39, 0.29) is 22.9 Å². The van der Waals surface area contributed by atoms with Crippen molar-refractivity contribution in [3.8, 4) is 0 Å². The molecule has 1 unspecified atom stereocenters. The number of hydrogen-bond acceptors (Lipinski definition) is 7. The number of amides is 1. The van der Waals surface area contributed by atoms with Crippen LogP contribution in [0.25, 0.3) is 0 Å². The van der Waals surface area contributed by atoms with Crippen LogP contribution in [0.1, 0.15) is 18.1 Å². The van der Waals surface area contributed by atoms with E-state index < -0.39 is 10.0 Å². The maximum Gasteiger partial charge on any atom is 0.263 e. The van der Waals surface area contributed by atoms with Gasteiger partial charge in [-0.05, 0) is 48.4 Å². The van der Waals surface area contributed by atoms with Crippen molar-refractivity contribution in [2.75, 3.05) is 35.9 Å². The molecule has 2 atom stereocenters. The maximum absolute atomic E-state index is 13.3. The first-order valence-electron chi connectivity index (χ1n) is 11.0. The lowest BCUT2D eigenvalue weighted by atomic mass is 10.1. The number of carbonyl (C=O) groups is 1. The largest absolute Gasteiger partial charge is 0.371 e. The summed E-state index contributed by atoms with van der Waals surface area (Å²) >= 11 is 13.4. The number of nitrogens with one attached hydrogen (secondary N) is 1. The second-order valence-corrected chi connectivity index (χ2v) is 11.7. The highest BCUT2D eigenvalue weighted by Crippen LogP contribution is 2.32. The monoisotopic (exact) mass is 552 g/mol. The van der Waals surface area contributed by atoms with E-state index in [1.165, 1.54) is 29.7 Å². The zero-order valence-corrected chi connectivity index (χ0v) is 21.6. The molecule has 2 aliphatic rings. The molecule has 2 aromatic carbocycles. The van der Waals surface area contributed by atoms with Crippen LogP contribution in [0.15, 0.2) is 58.9 Å². The number of anilines is 2. The molecule has 5 rings (SSSR count). The molecule has 2 fully saturated rings. The second kappa shape index (κ2) is 10.0. The number of aromatic nitrogens is 1. The van der Waals surface area contributed by atoms with E-state index in [0.29, 0.717) is 53.5 Å². The van der Waals surface area contributed by atoms with Gasteiger partial charge in [0.15, 0.2) is 5.13 Å². The molecule has 1 amide bonds. The molecule has 0 aliphatic carbocycles. The van der Waals surface area contributed by atoms with Crippen molar-refractivity contribution in [3.63, 3.8) is 0 Å². The summed E-state index contributed by atoms with van der Waals surface area (Å²) in [6.45, 7) is 2.29. The van der Waals surface area contributed by atoms with Crippen LogP contribution < -0.4 is 9.62 Å². The van der Waals surface area contributed by atoms with Crippen molar-refractivity contribution in [3.05, 3.63) is 69.7 Å². The van der Waals surface area contributed by atoms with E-state index in [0.717, 1.165) is 5.56 Å². The number of hydrogen-bond donors (Lipinski definition) is 1. The number of nitrogens with zero attached hydrogens (tertiary/aromatic N) is 3. The Balaban J connectivity index is 1.26. The molecular weight excluding hydrogens is 531 g/mol. The van der Waals surface area contributed by atoms with Crippen LogP contribution in [0, 0.1) is 0 Å². The van der Waals surface area contributed by atoms with Gasteiger partial charge < -0.3 is 9.64 Å². The van der Waals surface area contributed by atoms with Gasteiger partial charge in [-0.1, -0.05) is 29.3 Å². The molecule has 0 bridgehead atoms. The number of halogens is 2. The van der Waals surface area contributed by atoms with E-state index in [9.17, 15) is 13.2 Å². The highest BCUT2D eigenvalue weighted by molar-refractivity contribution is 7.93. The van der Waals surface area contributed by atoms with Crippen molar-refractivity contribution in [2.24, 2.45) is 0 Å². The minimum atomic E-state index is -3.75. The van der Waals surface area contributed by atoms with E-state index in [1.807, 2.05) is 6.07 Å². The van der Waals surface area contributed by atoms with Gasteiger partial charge in [-0.25, -0.2) is 13.4 Å². The molecule has 0 saturated carbocycles. The minimum Gasteiger partial charge on any atom is -0.371 e. The van der Waals surface area contributed by atoms with Gasteiger partial charge in [0.1, 0.15) is 0 Å². The molecule has 2 aliphatic heterocycles. The zero-order valence-electron chi connectivity index (χ0n) is 18.4. The van der Waals surface area contributed by atoms with E-state index >= 15 is 0 Å². The molecule has 2 saturated heterocycles. The topological polar surface area (TPSA) is 91.8 Å². The average molecular weight is 553 g/mol. The lowest BCUT2D eigenvalue weighted by Gasteiger charge is -2.36.